The Morgan fingerprint density at radius 1 is 1.21 bits per heavy atom. The molecule has 2 rings (SSSR count). The van der Waals surface area contributed by atoms with Crippen LogP contribution in [0.3, 0.4) is 0 Å². The maximum atomic E-state index is 12.4. The van der Waals surface area contributed by atoms with E-state index in [4.69, 9.17) is 4.74 Å². The average molecular weight is 267 g/mol. The summed E-state index contributed by atoms with van der Waals surface area (Å²) in [5, 5.41) is 0. The van der Waals surface area contributed by atoms with Crippen molar-refractivity contribution in [2.75, 3.05) is 33.4 Å². The lowest BCUT2D eigenvalue weighted by molar-refractivity contribution is -0.135. The molecule has 110 valence electrons. The fourth-order valence-corrected chi connectivity index (χ4v) is 3.59. The zero-order chi connectivity index (χ0) is 13.9. The smallest absolute Gasteiger partial charge is 0.142 e. The molecule has 2 aliphatic rings. The van der Waals surface area contributed by atoms with Crippen molar-refractivity contribution < 1.29 is 9.53 Å². The molecule has 0 aromatic rings. The van der Waals surface area contributed by atoms with Gasteiger partial charge in [-0.25, -0.2) is 0 Å². The Labute approximate surface area is 117 Å². The molecule has 1 saturated heterocycles. The second-order valence-corrected chi connectivity index (χ2v) is 7.11. The highest BCUT2D eigenvalue weighted by Crippen LogP contribution is 2.35. The van der Waals surface area contributed by atoms with Crippen molar-refractivity contribution in [3.05, 3.63) is 0 Å². The molecule has 1 unspecified atom stereocenters. The third-order valence-electron chi connectivity index (χ3n) is 4.83. The molecule has 1 saturated carbocycles. The van der Waals surface area contributed by atoms with E-state index in [1.54, 1.807) is 0 Å². The monoisotopic (exact) mass is 267 g/mol. The molecule has 0 aromatic heterocycles. The summed E-state index contributed by atoms with van der Waals surface area (Å²) in [6, 6.07) is 0. The third kappa shape index (κ3) is 4.03. The van der Waals surface area contributed by atoms with E-state index in [0.717, 1.165) is 45.1 Å². The first-order chi connectivity index (χ1) is 8.99. The summed E-state index contributed by atoms with van der Waals surface area (Å²) in [5.41, 5.74) is -0.0948. The Bertz CT molecular complexity index is 308. The summed E-state index contributed by atoms with van der Waals surface area (Å²) >= 11 is 0. The van der Waals surface area contributed by atoms with E-state index >= 15 is 0 Å². The lowest BCUT2D eigenvalue weighted by Crippen LogP contribution is -2.42. The van der Waals surface area contributed by atoms with Gasteiger partial charge >= 0.3 is 0 Å². The van der Waals surface area contributed by atoms with Gasteiger partial charge in [-0.1, -0.05) is 20.3 Å². The molecule has 0 bridgehead atoms. The van der Waals surface area contributed by atoms with Crippen molar-refractivity contribution in [2.45, 2.75) is 46.0 Å². The van der Waals surface area contributed by atoms with Crippen LogP contribution in [0, 0.1) is 17.3 Å². The van der Waals surface area contributed by atoms with E-state index in [1.165, 1.54) is 19.3 Å². The van der Waals surface area contributed by atoms with Crippen LogP contribution in [-0.4, -0.2) is 44.0 Å². The van der Waals surface area contributed by atoms with Gasteiger partial charge in [0, 0.05) is 37.6 Å². The highest BCUT2D eigenvalue weighted by molar-refractivity contribution is 5.87. The number of rotatable bonds is 4. The summed E-state index contributed by atoms with van der Waals surface area (Å²) in [7, 11) is 2.17. The zero-order valence-electron chi connectivity index (χ0n) is 12.8. The molecule has 1 heterocycles. The van der Waals surface area contributed by atoms with Crippen LogP contribution in [0.1, 0.15) is 46.0 Å². The second-order valence-electron chi connectivity index (χ2n) is 7.11. The molecular formula is C16H29NO2. The van der Waals surface area contributed by atoms with E-state index in [-0.39, 0.29) is 11.3 Å². The SMILES string of the molecule is CN(CC1CCOCC1)CC1CCCC(C)(C)C1=O. The van der Waals surface area contributed by atoms with E-state index in [2.05, 4.69) is 25.8 Å². The van der Waals surface area contributed by atoms with Crippen LogP contribution in [0.15, 0.2) is 0 Å². The van der Waals surface area contributed by atoms with Crippen LogP contribution in [0.25, 0.3) is 0 Å². The number of Topliss-reactive ketones (excluding diaryl/α,β-unsaturated/α-hetero) is 1. The number of carbonyl (C=O) groups excluding carboxylic acids is 1. The molecule has 2 fully saturated rings. The van der Waals surface area contributed by atoms with Crippen LogP contribution < -0.4 is 0 Å². The summed E-state index contributed by atoms with van der Waals surface area (Å²) in [6.07, 6.45) is 5.70. The highest BCUT2D eigenvalue weighted by Gasteiger charge is 2.37. The second kappa shape index (κ2) is 6.36. The van der Waals surface area contributed by atoms with Crippen LogP contribution in [0.2, 0.25) is 0 Å². The van der Waals surface area contributed by atoms with Crippen LogP contribution in [0.5, 0.6) is 0 Å². The van der Waals surface area contributed by atoms with Gasteiger partial charge in [0.25, 0.3) is 0 Å². The van der Waals surface area contributed by atoms with Gasteiger partial charge in [0.05, 0.1) is 0 Å². The van der Waals surface area contributed by atoms with Crippen LogP contribution in [0.4, 0.5) is 0 Å². The Hall–Kier alpha value is -0.410. The fourth-order valence-electron chi connectivity index (χ4n) is 3.59. The number of ketones is 1. The van der Waals surface area contributed by atoms with Crippen LogP contribution >= 0.6 is 0 Å². The minimum atomic E-state index is -0.0948. The molecule has 0 aromatic carbocycles. The molecule has 19 heavy (non-hydrogen) atoms. The Balaban J connectivity index is 1.80. The highest BCUT2D eigenvalue weighted by atomic mass is 16.5. The van der Waals surface area contributed by atoms with Crippen molar-refractivity contribution in [3.8, 4) is 0 Å². The topological polar surface area (TPSA) is 29.5 Å². The van der Waals surface area contributed by atoms with Gasteiger partial charge in [0.1, 0.15) is 5.78 Å². The minimum absolute atomic E-state index is 0.0948. The average Bonchev–Trinajstić information content (AvgIpc) is 2.36. The third-order valence-corrected chi connectivity index (χ3v) is 4.83. The number of hydrogen-bond donors (Lipinski definition) is 0. The maximum Gasteiger partial charge on any atom is 0.142 e. The fraction of sp³-hybridized carbons (Fsp3) is 0.938. The van der Waals surface area contributed by atoms with E-state index in [9.17, 15) is 4.79 Å². The normalized spacial score (nSPS) is 28.8. The first kappa shape index (κ1) is 15.0. The van der Waals surface area contributed by atoms with Gasteiger partial charge in [0.2, 0.25) is 0 Å². The van der Waals surface area contributed by atoms with Crippen molar-refractivity contribution in [1.29, 1.82) is 0 Å². The Kier molecular flexibility index (Phi) is 5.02. The van der Waals surface area contributed by atoms with Crippen molar-refractivity contribution in [2.24, 2.45) is 17.3 Å². The predicted octanol–water partition coefficient (Wildman–Crippen LogP) is 2.74. The summed E-state index contributed by atoms with van der Waals surface area (Å²) in [5.74, 6) is 1.50. The van der Waals surface area contributed by atoms with Crippen molar-refractivity contribution in [3.63, 3.8) is 0 Å². The lowest BCUT2D eigenvalue weighted by atomic mass is 9.71. The molecule has 0 amide bonds. The Morgan fingerprint density at radius 2 is 1.89 bits per heavy atom. The van der Waals surface area contributed by atoms with Crippen LogP contribution in [-0.2, 0) is 9.53 Å². The molecule has 3 heteroatoms. The molecule has 3 nitrogen and oxygen atoms in total. The first-order valence-corrected chi connectivity index (χ1v) is 7.79. The maximum absolute atomic E-state index is 12.4. The lowest BCUT2D eigenvalue weighted by Gasteiger charge is -2.36. The van der Waals surface area contributed by atoms with Gasteiger partial charge in [-0.05, 0) is 38.6 Å². The van der Waals surface area contributed by atoms with Crippen molar-refractivity contribution >= 4 is 5.78 Å². The molecule has 1 atom stereocenters. The first-order valence-electron chi connectivity index (χ1n) is 7.79. The van der Waals surface area contributed by atoms with Gasteiger partial charge < -0.3 is 9.64 Å². The zero-order valence-corrected chi connectivity index (χ0v) is 12.8. The molecule has 0 radical (unpaired) electrons. The van der Waals surface area contributed by atoms with Crippen molar-refractivity contribution in [1.82, 2.24) is 4.90 Å². The molecule has 1 aliphatic heterocycles. The summed E-state index contributed by atoms with van der Waals surface area (Å²) in [4.78, 5) is 14.8. The molecular weight excluding hydrogens is 238 g/mol. The number of nitrogens with zero attached hydrogens (tertiary/aromatic N) is 1. The van der Waals surface area contributed by atoms with Gasteiger partial charge in [-0.3, -0.25) is 4.79 Å². The molecule has 0 spiro atoms. The Morgan fingerprint density at radius 3 is 2.58 bits per heavy atom. The summed E-state index contributed by atoms with van der Waals surface area (Å²) in [6.45, 7) is 8.11. The standard InChI is InChI=1S/C16H29NO2/c1-16(2)8-4-5-14(15(16)18)12-17(3)11-13-6-9-19-10-7-13/h13-14H,4-12H2,1-3H3. The van der Waals surface area contributed by atoms with E-state index in [0.29, 0.717) is 5.78 Å². The number of hydrogen-bond acceptors (Lipinski definition) is 3. The van der Waals surface area contributed by atoms with Gasteiger partial charge in [-0.2, -0.15) is 0 Å². The quantitative estimate of drug-likeness (QED) is 0.784. The number of ether oxygens (including phenoxy) is 1. The molecule has 1 aliphatic carbocycles. The predicted molar refractivity (Wildman–Crippen MR) is 77.2 cm³/mol. The van der Waals surface area contributed by atoms with Gasteiger partial charge in [0.15, 0.2) is 0 Å². The minimum Gasteiger partial charge on any atom is -0.381 e. The molecule has 0 N–H and O–H groups in total. The largest absolute Gasteiger partial charge is 0.381 e. The van der Waals surface area contributed by atoms with E-state index in [1.807, 2.05) is 0 Å². The number of carbonyl (C=O) groups is 1. The summed E-state index contributed by atoms with van der Waals surface area (Å²) < 4.78 is 5.40. The van der Waals surface area contributed by atoms with Gasteiger partial charge in [-0.15, -0.1) is 0 Å². The van der Waals surface area contributed by atoms with E-state index < -0.39 is 0 Å².